The van der Waals surface area contributed by atoms with Crippen molar-refractivity contribution in [3.05, 3.63) is 75.0 Å². The van der Waals surface area contributed by atoms with Crippen molar-refractivity contribution in [1.29, 1.82) is 0 Å². The quantitative estimate of drug-likeness (QED) is 0.239. The second kappa shape index (κ2) is 11.5. The van der Waals surface area contributed by atoms with Gasteiger partial charge in [-0.05, 0) is 55.5 Å². The number of fused-ring (bicyclic) bond motifs is 1. The summed E-state index contributed by atoms with van der Waals surface area (Å²) in [6.07, 6.45) is 2.78. The molecule has 0 saturated heterocycles. The highest BCUT2D eigenvalue weighted by molar-refractivity contribution is 7.52. The Hall–Kier alpha value is -2.91. The number of nitrogens with one attached hydrogen (secondary N) is 2. The molecule has 4 N–H and O–H groups in total. The summed E-state index contributed by atoms with van der Waals surface area (Å²) >= 11 is 0. The van der Waals surface area contributed by atoms with Gasteiger partial charge in [0.2, 0.25) is 0 Å². The number of aliphatic hydroxyl groups excluding tert-OH is 1. The zero-order chi connectivity index (χ0) is 24.7. The highest BCUT2D eigenvalue weighted by atomic mass is 31.2. The monoisotopic (exact) mass is 491 g/mol. The molecule has 1 atom stereocenters. The van der Waals surface area contributed by atoms with Crippen molar-refractivity contribution >= 4 is 24.5 Å². The van der Waals surface area contributed by atoms with Gasteiger partial charge in [0, 0.05) is 18.3 Å². The Morgan fingerprint density at radius 2 is 1.97 bits per heavy atom. The lowest BCUT2D eigenvalue weighted by Crippen LogP contribution is -2.32. The minimum Gasteiger partial charge on any atom is -0.392 e. The molecule has 0 bridgehead atoms. The van der Waals surface area contributed by atoms with Crippen molar-refractivity contribution in [2.75, 3.05) is 19.3 Å². The van der Waals surface area contributed by atoms with Gasteiger partial charge in [-0.2, -0.15) is 0 Å². The van der Waals surface area contributed by atoms with E-state index in [1.807, 2.05) is 0 Å². The van der Waals surface area contributed by atoms with Crippen molar-refractivity contribution in [2.45, 2.75) is 32.8 Å². The van der Waals surface area contributed by atoms with Crippen molar-refractivity contribution in [1.82, 2.24) is 15.3 Å². The molecule has 34 heavy (non-hydrogen) atoms. The molecule has 0 spiro atoms. The molecule has 1 amide bonds. The van der Waals surface area contributed by atoms with Crippen LogP contribution in [0.4, 0.5) is 4.39 Å². The number of H-pyrrole nitrogens is 1. The van der Waals surface area contributed by atoms with E-state index in [1.54, 1.807) is 31.3 Å². The van der Waals surface area contributed by atoms with Crippen molar-refractivity contribution < 1.29 is 28.3 Å². The van der Waals surface area contributed by atoms with Crippen LogP contribution in [0.15, 0.2) is 41.3 Å². The van der Waals surface area contributed by atoms with Gasteiger partial charge in [-0.25, -0.2) is 4.39 Å². The number of aromatic nitrogens is 2. The molecule has 3 rings (SSSR count). The second-order valence-electron chi connectivity index (χ2n) is 7.75. The normalized spacial score (nSPS) is 13.1. The lowest BCUT2D eigenvalue weighted by molar-refractivity contribution is 0.0948. The number of hydrogen-bond donors (Lipinski definition) is 4. The lowest BCUT2D eigenvalue weighted by Gasteiger charge is -2.12. The van der Waals surface area contributed by atoms with Crippen LogP contribution < -0.4 is 10.9 Å². The molecule has 3 aromatic rings. The van der Waals surface area contributed by atoms with Crippen LogP contribution in [0.25, 0.3) is 11.0 Å². The van der Waals surface area contributed by atoms with Crippen LogP contribution in [-0.4, -0.2) is 45.2 Å². The largest absolute Gasteiger partial charge is 0.392 e. The first-order chi connectivity index (χ1) is 16.2. The summed E-state index contributed by atoms with van der Waals surface area (Å²) in [6, 6.07) is 7.75. The molecular weight excluding hydrogens is 464 g/mol. The van der Waals surface area contributed by atoms with E-state index in [4.69, 9.17) is 4.52 Å². The number of nitrogens with zero attached hydrogens (tertiary/aromatic N) is 1. The maximum absolute atomic E-state index is 13.1. The summed E-state index contributed by atoms with van der Waals surface area (Å²) < 4.78 is 29.6. The molecule has 0 aliphatic carbocycles. The molecule has 0 aliphatic heterocycles. The summed E-state index contributed by atoms with van der Waals surface area (Å²) in [7, 11) is -3.62. The SMILES string of the molecule is CCOP(=O)(O)CCCCNC(=O)c1c(CO)c2ncc(Cc3ccc(F)cc3)cc2[nH]c1=O. The average Bonchev–Trinajstić information content (AvgIpc) is 2.79. The number of carbonyl (C=O) groups is 1. The number of pyridine rings is 2. The van der Waals surface area contributed by atoms with E-state index in [2.05, 4.69) is 15.3 Å². The Balaban J connectivity index is 1.73. The molecule has 0 fully saturated rings. The Labute approximate surface area is 195 Å². The van der Waals surface area contributed by atoms with E-state index in [0.29, 0.717) is 30.3 Å². The van der Waals surface area contributed by atoms with Gasteiger partial charge in [0.05, 0.1) is 30.4 Å². The molecule has 2 aromatic heterocycles. The van der Waals surface area contributed by atoms with Crippen LogP contribution in [0.5, 0.6) is 0 Å². The fraction of sp³-hybridized carbons (Fsp3) is 0.348. The van der Waals surface area contributed by atoms with Gasteiger partial charge in [-0.15, -0.1) is 0 Å². The van der Waals surface area contributed by atoms with Crippen molar-refractivity contribution in [3.63, 3.8) is 0 Å². The summed E-state index contributed by atoms with van der Waals surface area (Å²) in [5, 5.41) is 12.5. The molecule has 2 heterocycles. The number of aromatic amines is 1. The van der Waals surface area contributed by atoms with Crippen molar-refractivity contribution in [2.24, 2.45) is 0 Å². The van der Waals surface area contributed by atoms with Crippen LogP contribution in [0.3, 0.4) is 0 Å². The van der Waals surface area contributed by atoms with E-state index in [1.165, 1.54) is 12.1 Å². The summed E-state index contributed by atoms with van der Waals surface area (Å²) in [4.78, 5) is 41.9. The Morgan fingerprint density at radius 1 is 1.24 bits per heavy atom. The first-order valence-corrected chi connectivity index (χ1v) is 12.6. The summed E-state index contributed by atoms with van der Waals surface area (Å²) in [5.74, 6) is -0.997. The third kappa shape index (κ3) is 6.57. The minimum atomic E-state index is -3.62. The van der Waals surface area contributed by atoms with E-state index >= 15 is 0 Å². The molecule has 0 saturated carbocycles. The molecule has 9 nitrogen and oxygen atoms in total. The maximum Gasteiger partial charge on any atom is 0.328 e. The number of aliphatic hydroxyl groups is 1. The fourth-order valence-electron chi connectivity index (χ4n) is 3.61. The van der Waals surface area contributed by atoms with E-state index in [9.17, 15) is 28.5 Å². The van der Waals surface area contributed by atoms with Crippen LogP contribution >= 0.6 is 7.60 Å². The number of unbranched alkanes of at least 4 members (excludes halogenated alkanes) is 1. The molecule has 182 valence electrons. The van der Waals surface area contributed by atoms with Gasteiger partial charge < -0.3 is 24.8 Å². The third-order valence-corrected chi connectivity index (χ3v) is 6.74. The smallest absolute Gasteiger partial charge is 0.328 e. The van der Waals surface area contributed by atoms with Gasteiger partial charge in [0.25, 0.3) is 11.5 Å². The Morgan fingerprint density at radius 3 is 2.65 bits per heavy atom. The Bertz CT molecular complexity index is 1260. The standard InChI is InChI=1S/C23H27FN3O6P/c1-2-33-34(31,32)10-4-3-9-25-22(29)20-18(14-28)21-19(27-23(20)30)12-16(13-26-21)11-15-5-7-17(24)8-6-15/h5-8,12-13,28H,2-4,9-11,14H2,1H3,(H,25,29)(H,27,30)(H,31,32). The van der Waals surface area contributed by atoms with Crippen LogP contribution in [-0.2, 0) is 22.1 Å². The van der Waals surface area contributed by atoms with E-state index in [0.717, 1.165) is 11.1 Å². The lowest BCUT2D eigenvalue weighted by atomic mass is 10.0. The first kappa shape index (κ1) is 25.7. The van der Waals surface area contributed by atoms with Crippen LogP contribution in [0.2, 0.25) is 0 Å². The van der Waals surface area contributed by atoms with Gasteiger partial charge in [0.15, 0.2) is 0 Å². The number of halogens is 1. The molecule has 0 aliphatic rings. The maximum atomic E-state index is 13.1. The summed E-state index contributed by atoms with van der Waals surface area (Å²) in [6.45, 7) is 1.39. The Kier molecular flexibility index (Phi) is 8.68. The molecule has 1 unspecified atom stereocenters. The highest BCUT2D eigenvalue weighted by Crippen LogP contribution is 2.42. The highest BCUT2D eigenvalue weighted by Gasteiger charge is 2.21. The molecular formula is C23H27FN3O6P. The average molecular weight is 491 g/mol. The second-order valence-corrected chi connectivity index (χ2v) is 9.73. The minimum absolute atomic E-state index is 0.0284. The van der Waals surface area contributed by atoms with Gasteiger partial charge in [-0.3, -0.25) is 19.1 Å². The fourth-order valence-corrected chi connectivity index (χ4v) is 4.76. The molecule has 1 aromatic carbocycles. The van der Waals surface area contributed by atoms with Gasteiger partial charge in [0.1, 0.15) is 11.4 Å². The zero-order valence-corrected chi connectivity index (χ0v) is 19.6. The van der Waals surface area contributed by atoms with Crippen LogP contribution in [0, 0.1) is 5.82 Å². The third-order valence-electron chi connectivity index (χ3n) is 5.20. The number of carbonyl (C=O) groups excluding carboxylic acids is 1. The van der Waals surface area contributed by atoms with Crippen molar-refractivity contribution in [3.8, 4) is 0 Å². The van der Waals surface area contributed by atoms with Gasteiger partial charge in [-0.1, -0.05) is 12.1 Å². The number of amides is 1. The first-order valence-electron chi connectivity index (χ1n) is 10.9. The summed E-state index contributed by atoms with van der Waals surface area (Å²) in [5.41, 5.74) is 1.53. The number of benzene rings is 1. The molecule has 11 heteroatoms. The number of hydrogen-bond acceptors (Lipinski definition) is 6. The molecule has 0 radical (unpaired) electrons. The van der Waals surface area contributed by atoms with Crippen LogP contribution in [0.1, 0.15) is 46.8 Å². The number of rotatable bonds is 11. The zero-order valence-electron chi connectivity index (χ0n) is 18.7. The van der Waals surface area contributed by atoms with E-state index < -0.39 is 25.7 Å². The predicted molar refractivity (Wildman–Crippen MR) is 125 cm³/mol. The van der Waals surface area contributed by atoms with Gasteiger partial charge >= 0.3 is 7.60 Å². The predicted octanol–water partition coefficient (Wildman–Crippen LogP) is 2.88. The van der Waals surface area contributed by atoms with E-state index in [-0.39, 0.29) is 36.3 Å². The topological polar surface area (TPSA) is 142 Å².